The van der Waals surface area contributed by atoms with Crippen molar-refractivity contribution in [2.45, 2.75) is 33.6 Å². The first-order valence-corrected chi connectivity index (χ1v) is 4.96. The van der Waals surface area contributed by atoms with E-state index >= 15 is 0 Å². The van der Waals surface area contributed by atoms with Crippen LogP contribution in [0.15, 0.2) is 12.1 Å². The van der Waals surface area contributed by atoms with E-state index < -0.39 is 11.6 Å². The van der Waals surface area contributed by atoms with E-state index in [2.05, 4.69) is 13.8 Å². The summed E-state index contributed by atoms with van der Waals surface area (Å²) in [6.07, 6.45) is 1.50. The Hall–Kier alpha value is -0.920. The van der Waals surface area contributed by atoms with Crippen molar-refractivity contribution in [3.8, 4) is 0 Å². The van der Waals surface area contributed by atoms with Crippen LogP contribution < -0.4 is 0 Å². The van der Waals surface area contributed by atoms with Crippen LogP contribution in [0.4, 0.5) is 8.78 Å². The molecule has 0 aromatic heterocycles. The molecule has 0 radical (unpaired) electrons. The van der Waals surface area contributed by atoms with Gasteiger partial charge in [0.1, 0.15) is 0 Å². The van der Waals surface area contributed by atoms with Crippen LogP contribution in [-0.4, -0.2) is 0 Å². The maximum atomic E-state index is 13.3. The molecule has 0 aliphatic carbocycles. The molecular weight excluding hydrogens is 182 g/mol. The number of hydrogen-bond acceptors (Lipinski definition) is 0. The normalized spacial score (nSPS) is 11.0. The molecule has 1 aromatic carbocycles. The topological polar surface area (TPSA) is 0 Å². The third-order valence-corrected chi connectivity index (χ3v) is 2.35. The van der Waals surface area contributed by atoms with Gasteiger partial charge in [-0.2, -0.15) is 0 Å². The molecule has 0 amide bonds. The van der Waals surface area contributed by atoms with Gasteiger partial charge < -0.3 is 0 Å². The summed E-state index contributed by atoms with van der Waals surface area (Å²) in [7, 11) is 0. The minimum absolute atomic E-state index is 0.371. The number of hydrogen-bond donors (Lipinski definition) is 0. The Labute approximate surface area is 84.0 Å². The van der Waals surface area contributed by atoms with Gasteiger partial charge in [0.2, 0.25) is 0 Å². The molecule has 0 nitrogen and oxygen atoms in total. The first-order valence-electron chi connectivity index (χ1n) is 4.96. The minimum atomic E-state index is -0.703. The van der Waals surface area contributed by atoms with E-state index in [0.717, 1.165) is 6.42 Å². The largest absolute Gasteiger partial charge is 0.203 e. The van der Waals surface area contributed by atoms with E-state index in [-0.39, 0.29) is 0 Å². The molecule has 0 fully saturated rings. The van der Waals surface area contributed by atoms with Crippen LogP contribution in [0, 0.1) is 24.5 Å². The zero-order chi connectivity index (χ0) is 10.7. The van der Waals surface area contributed by atoms with Crippen molar-refractivity contribution in [2.75, 3.05) is 0 Å². The number of halogens is 2. The van der Waals surface area contributed by atoms with Crippen molar-refractivity contribution in [1.29, 1.82) is 0 Å². The lowest BCUT2D eigenvalue weighted by molar-refractivity contribution is 0.485. The first-order chi connectivity index (χ1) is 6.52. The zero-order valence-electron chi connectivity index (χ0n) is 8.90. The maximum absolute atomic E-state index is 13.3. The second-order valence-electron chi connectivity index (χ2n) is 4.10. The summed E-state index contributed by atoms with van der Waals surface area (Å²) < 4.78 is 26.5. The zero-order valence-corrected chi connectivity index (χ0v) is 8.90. The third kappa shape index (κ3) is 2.53. The van der Waals surface area contributed by atoms with Gasteiger partial charge in [0, 0.05) is 0 Å². The fourth-order valence-corrected chi connectivity index (χ4v) is 1.32. The fraction of sp³-hybridized carbons (Fsp3) is 0.500. The van der Waals surface area contributed by atoms with Crippen LogP contribution in [0.1, 0.15) is 31.4 Å². The number of benzene rings is 1. The Morgan fingerprint density at radius 1 is 1.14 bits per heavy atom. The van der Waals surface area contributed by atoms with E-state index in [1.165, 1.54) is 0 Å². The molecule has 2 heteroatoms. The standard InChI is InChI=1S/C12H16F2/c1-8(2)4-6-10-7-5-9(3)11(13)12(10)14/h5,7-8H,4,6H2,1-3H3. The smallest absolute Gasteiger partial charge is 0.162 e. The van der Waals surface area contributed by atoms with E-state index in [0.29, 0.717) is 23.5 Å². The Morgan fingerprint density at radius 2 is 1.79 bits per heavy atom. The molecule has 0 atom stereocenters. The third-order valence-electron chi connectivity index (χ3n) is 2.35. The van der Waals surface area contributed by atoms with Gasteiger partial charge in [-0.3, -0.25) is 0 Å². The molecular formula is C12H16F2. The molecule has 0 aliphatic heterocycles. The predicted molar refractivity (Wildman–Crippen MR) is 54.3 cm³/mol. The highest BCUT2D eigenvalue weighted by atomic mass is 19.2. The lowest BCUT2D eigenvalue weighted by Gasteiger charge is -2.07. The van der Waals surface area contributed by atoms with Gasteiger partial charge in [0.25, 0.3) is 0 Å². The van der Waals surface area contributed by atoms with Gasteiger partial charge in [-0.15, -0.1) is 0 Å². The molecule has 0 saturated carbocycles. The molecule has 78 valence electrons. The highest BCUT2D eigenvalue weighted by Gasteiger charge is 2.10. The van der Waals surface area contributed by atoms with Crippen molar-refractivity contribution in [1.82, 2.24) is 0 Å². The van der Waals surface area contributed by atoms with Crippen molar-refractivity contribution in [2.24, 2.45) is 5.92 Å². The first kappa shape index (κ1) is 11.2. The molecule has 0 saturated heterocycles. The average molecular weight is 198 g/mol. The van der Waals surface area contributed by atoms with Crippen LogP contribution in [0.3, 0.4) is 0 Å². The van der Waals surface area contributed by atoms with Gasteiger partial charge in [0.15, 0.2) is 11.6 Å². The van der Waals surface area contributed by atoms with E-state index in [1.807, 2.05) is 0 Å². The maximum Gasteiger partial charge on any atom is 0.162 e. The van der Waals surface area contributed by atoms with Gasteiger partial charge in [-0.1, -0.05) is 26.0 Å². The lowest BCUT2D eigenvalue weighted by atomic mass is 10.0. The molecule has 0 heterocycles. The van der Waals surface area contributed by atoms with Gasteiger partial charge in [-0.25, -0.2) is 8.78 Å². The van der Waals surface area contributed by atoms with Gasteiger partial charge >= 0.3 is 0 Å². The molecule has 0 unspecified atom stereocenters. The number of rotatable bonds is 3. The Balaban J connectivity index is 2.83. The van der Waals surface area contributed by atoms with E-state index in [9.17, 15) is 8.78 Å². The molecule has 1 aromatic rings. The van der Waals surface area contributed by atoms with Crippen LogP contribution in [0.2, 0.25) is 0 Å². The van der Waals surface area contributed by atoms with Crippen LogP contribution in [0.5, 0.6) is 0 Å². The SMILES string of the molecule is Cc1ccc(CCC(C)C)c(F)c1F. The summed E-state index contributed by atoms with van der Waals surface area (Å²) in [6.45, 7) is 5.72. The second kappa shape index (κ2) is 4.54. The Morgan fingerprint density at radius 3 is 2.36 bits per heavy atom. The summed E-state index contributed by atoms with van der Waals surface area (Å²) >= 11 is 0. The van der Waals surface area contributed by atoms with Crippen LogP contribution in [-0.2, 0) is 6.42 Å². The van der Waals surface area contributed by atoms with Crippen molar-refractivity contribution >= 4 is 0 Å². The van der Waals surface area contributed by atoms with Crippen molar-refractivity contribution < 1.29 is 8.78 Å². The molecule has 0 spiro atoms. The van der Waals surface area contributed by atoms with Crippen molar-refractivity contribution in [3.05, 3.63) is 34.9 Å². The Bertz CT molecular complexity index is 316. The molecule has 0 N–H and O–H groups in total. The van der Waals surface area contributed by atoms with Crippen LogP contribution in [0.25, 0.3) is 0 Å². The summed E-state index contributed by atoms with van der Waals surface area (Å²) in [5.41, 5.74) is 0.859. The highest BCUT2D eigenvalue weighted by Crippen LogP contribution is 2.18. The summed E-state index contributed by atoms with van der Waals surface area (Å²) in [5, 5.41) is 0. The summed E-state index contributed by atoms with van der Waals surface area (Å²) in [6, 6.07) is 3.31. The molecule has 14 heavy (non-hydrogen) atoms. The molecule has 0 bridgehead atoms. The van der Waals surface area contributed by atoms with Crippen LogP contribution >= 0.6 is 0 Å². The summed E-state index contributed by atoms with van der Waals surface area (Å²) in [4.78, 5) is 0. The predicted octanol–water partition coefficient (Wildman–Crippen LogP) is 3.86. The lowest BCUT2D eigenvalue weighted by Crippen LogP contribution is -1.99. The highest BCUT2D eigenvalue weighted by molar-refractivity contribution is 5.25. The second-order valence-corrected chi connectivity index (χ2v) is 4.10. The monoisotopic (exact) mass is 198 g/mol. The average Bonchev–Trinajstić information content (AvgIpc) is 2.13. The van der Waals surface area contributed by atoms with E-state index in [1.54, 1.807) is 19.1 Å². The summed E-state index contributed by atoms with van der Waals surface area (Å²) in [5.74, 6) is -0.865. The van der Waals surface area contributed by atoms with Crippen molar-refractivity contribution in [3.63, 3.8) is 0 Å². The van der Waals surface area contributed by atoms with Gasteiger partial charge in [0.05, 0.1) is 0 Å². The molecule has 1 rings (SSSR count). The minimum Gasteiger partial charge on any atom is -0.203 e. The van der Waals surface area contributed by atoms with E-state index in [4.69, 9.17) is 0 Å². The Kier molecular flexibility index (Phi) is 3.62. The number of aryl methyl sites for hydroxylation is 2. The van der Waals surface area contributed by atoms with Gasteiger partial charge in [-0.05, 0) is 36.8 Å². The molecule has 0 aliphatic rings. The fourth-order valence-electron chi connectivity index (χ4n) is 1.32. The quantitative estimate of drug-likeness (QED) is 0.691.